The third kappa shape index (κ3) is 8.97. The van der Waals surface area contributed by atoms with Crippen molar-refractivity contribution in [3.63, 3.8) is 0 Å². The van der Waals surface area contributed by atoms with Gasteiger partial charge in [-0.2, -0.15) is 0 Å². The highest BCUT2D eigenvalue weighted by molar-refractivity contribution is 6.91. The summed E-state index contributed by atoms with van der Waals surface area (Å²) in [5.74, 6) is -0.105. The van der Waals surface area contributed by atoms with Crippen LogP contribution in [0, 0.1) is 0 Å². The smallest absolute Gasteiger partial charge is 0.305 e. The molecule has 4 nitrogen and oxygen atoms in total. The first-order valence-electron chi connectivity index (χ1n) is 10.6. The molecule has 1 atom stereocenters. The molecule has 0 saturated carbocycles. The van der Waals surface area contributed by atoms with Crippen molar-refractivity contribution in [2.75, 3.05) is 13.3 Å². The molecule has 31 heavy (non-hydrogen) atoms. The molecule has 1 aromatic heterocycles. The van der Waals surface area contributed by atoms with Crippen LogP contribution < -0.4 is 10.9 Å². The molecule has 0 fully saturated rings. The van der Waals surface area contributed by atoms with Gasteiger partial charge in [0.05, 0.1) is 19.6 Å². The molecule has 0 aliphatic carbocycles. The molecular weight excluding hydrogens is 414 g/mol. The molecule has 2 aromatic carbocycles. The number of esters is 1. The lowest BCUT2D eigenvalue weighted by molar-refractivity contribution is -0.143. The van der Waals surface area contributed by atoms with E-state index in [4.69, 9.17) is 16.3 Å². The van der Waals surface area contributed by atoms with Gasteiger partial charge in [-0.15, -0.1) is 11.6 Å². The number of hydrogen-bond donors (Lipinski definition) is 0. The number of carbonyl (C=O) groups excluding carboxylic acids is 1. The number of imidazole rings is 1. The fraction of sp³-hybridized carbons (Fsp3) is 0.333. The van der Waals surface area contributed by atoms with Crippen LogP contribution in [0.5, 0.6) is 0 Å². The van der Waals surface area contributed by atoms with Crippen LogP contribution in [0.2, 0.25) is 0 Å². The summed E-state index contributed by atoms with van der Waals surface area (Å²) >= 11 is 6.13. The summed E-state index contributed by atoms with van der Waals surface area (Å²) < 4.78 is 19.8. The van der Waals surface area contributed by atoms with E-state index in [0.29, 0.717) is 13.0 Å². The summed E-state index contributed by atoms with van der Waals surface area (Å²) in [7, 11) is 0. The molecule has 164 valence electrons. The van der Waals surface area contributed by atoms with Gasteiger partial charge in [0.1, 0.15) is 0 Å². The summed E-state index contributed by atoms with van der Waals surface area (Å²) in [5, 5.41) is -0.528. The van der Waals surface area contributed by atoms with E-state index in [0.717, 1.165) is 30.3 Å². The van der Waals surface area contributed by atoms with Crippen molar-refractivity contribution in [2.45, 2.75) is 38.0 Å². The van der Waals surface area contributed by atoms with Gasteiger partial charge in [0.15, 0.2) is 0 Å². The Bertz CT molecular complexity index is 811. The third-order valence-corrected chi connectivity index (χ3v) is 5.02. The Labute approximate surface area is 189 Å². The number of aryl methyl sites for hydroxylation is 1. The second-order valence-electron chi connectivity index (χ2n) is 7.09. The van der Waals surface area contributed by atoms with E-state index in [-0.39, 0.29) is 12.7 Å². The fourth-order valence-electron chi connectivity index (χ4n) is 3.13. The van der Waals surface area contributed by atoms with Crippen LogP contribution in [0.25, 0.3) is 0 Å². The van der Waals surface area contributed by atoms with Crippen LogP contribution in [0.3, 0.4) is 0 Å². The van der Waals surface area contributed by atoms with E-state index in [2.05, 4.69) is 4.98 Å². The Morgan fingerprint density at radius 2 is 1.74 bits per heavy atom. The lowest BCUT2D eigenvalue weighted by Gasteiger charge is -2.17. The summed E-state index contributed by atoms with van der Waals surface area (Å²) in [6, 6.07) is 19.7. The van der Waals surface area contributed by atoms with Crippen LogP contribution in [0.1, 0.15) is 26.2 Å². The minimum absolute atomic E-state index is 0.0935. The van der Waals surface area contributed by atoms with E-state index < -0.39 is 12.0 Å². The number of halogens is 2. The first-order valence-corrected chi connectivity index (χ1v) is 11.0. The van der Waals surface area contributed by atoms with E-state index in [1.54, 1.807) is 12.5 Å². The fourth-order valence-corrected chi connectivity index (χ4v) is 3.42. The largest absolute Gasteiger partial charge is 0.466 e. The molecule has 1 unspecified atom stereocenters. The van der Waals surface area contributed by atoms with Crippen molar-refractivity contribution in [1.29, 1.82) is 0 Å². The second kappa shape index (κ2) is 14.4. The Morgan fingerprint density at radius 3 is 2.23 bits per heavy atom. The summed E-state index contributed by atoms with van der Waals surface area (Å²) in [6.45, 7) is 2.71. The van der Waals surface area contributed by atoms with Crippen molar-refractivity contribution in [3.05, 3.63) is 79.4 Å². The lowest BCUT2D eigenvalue weighted by Crippen LogP contribution is -2.50. The molecule has 0 bridgehead atoms. The predicted molar refractivity (Wildman–Crippen MR) is 126 cm³/mol. The molecule has 0 saturated heterocycles. The van der Waals surface area contributed by atoms with Crippen molar-refractivity contribution < 1.29 is 13.9 Å². The number of benzene rings is 2. The van der Waals surface area contributed by atoms with Gasteiger partial charge in [-0.05, 0) is 12.8 Å². The van der Waals surface area contributed by atoms with Gasteiger partial charge in [0.2, 0.25) is 6.71 Å². The number of hydrogen-bond acceptors (Lipinski definition) is 3. The van der Waals surface area contributed by atoms with Crippen molar-refractivity contribution in [1.82, 2.24) is 9.55 Å². The first kappa shape index (κ1) is 24.7. The standard InChI is InChI=1S/C14H13BClF.C10H16N2O2/c16-14(11-17)15(12-7-3-1-4-8-12)13-9-5-2-6-10-13;1-2-8-14-10(13)4-3-6-12-7-5-11-9-12/h1-10,14H,11H2;5,7,9H,2-4,6,8H2,1H3. The van der Waals surface area contributed by atoms with Crippen LogP contribution in [0.15, 0.2) is 79.4 Å². The molecule has 1 heterocycles. The zero-order chi connectivity index (χ0) is 22.3. The highest BCUT2D eigenvalue weighted by Crippen LogP contribution is 2.05. The lowest BCUT2D eigenvalue weighted by atomic mass is 9.38. The summed E-state index contributed by atoms with van der Waals surface area (Å²) in [5.41, 5.74) is 2.10. The normalized spacial score (nSPS) is 11.2. The van der Waals surface area contributed by atoms with E-state index >= 15 is 0 Å². The van der Waals surface area contributed by atoms with Gasteiger partial charge in [-0.3, -0.25) is 9.18 Å². The molecule has 0 aliphatic rings. The number of aromatic nitrogens is 2. The minimum atomic E-state index is -0.532. The van der Waals surface area contributed by atoms with Crippen LogP contribution in [-0.4, -0.2) is 40.8 Å². The molecule has 0 radical (unpaired) electrons. The molecule has 3 rings (SSSR count). The maximum atomic E-state index is 12.9. The van der Waals surface area contributed by atoms with Crippen molar-refractivity contribution >= 4 is 35.2 Å². The van der Waals surface area contributed by atoms with Gasteiger partial charge < -0.3 is 9.30 Å². The highest BCUT2D eigenvalue weighted by atomic mass is 35.5. The maximum absolute atomic E-state index is 12.9. The molecule has 0 N–H and O–H groups in total. The zero-order valence-electron chi connectivity index (χ0n) is 17.9. The SMILES string of the molecule is CCCOC(=O)CCCn1ccnc1.FCC(Cl)B(c1ccccc1)c1ccccc1. The molecule has 3 aromatic rings. The van der Waals surface area contributed by atoms with Gasteiger partial charge in [0, 0.05) is 30.6 Å². The molecule has 0 amide bonds. The van der Waals surface area contributed by atoms with Crippen molar-refractivity contribution in [3.8, 4) is 0 Å². The minimum Gasteiger partial charge on any atom is -0.466 e. The quantitative estimate of drug-likeness (QED) is 0.270. The Morgan fingerprint density at radius 1 is 1.13 bits per heavy atom. The second-order valence-corrected chi connectivity index (χ2v) is 7.65. The number of ether oxygens (including phenoxy) is 1. The average Bonchev–Trinajstić information content (AvgIpc) is 3.33. The van der Waals surface area contributed by atoms with Gasteiger partial charge in [-0.1, -0.05) is 78.5 Å². The van der Waals surface area contributed by atoms with E-state index in [9.17, 15) is 9.18 Å². The first-order chi connectivity index (χ1) is 15.2. The third-order valence-electron chi connectivity index (χ3n) is 4.65. The average molecular weight is 443 g/mol. The molecule has 0 spiro atoms. The highest BCUT2D eigenvalue weighted by Gasteiger charge is 2.27. The predicted octanol–water partition coefficient (Wildman–Crippen LogP) is 4.03. The molecule has 0 aliphatic heterocycles. The Hall–Kier alpha value is -2.60. The van der Waals surface area contributed by atoms with Crippen LogP contribution in [-0.2, 0) is 16.1 Å². The maximum Gasteiger partial charge on any atom is 0.305 e. The number of carbonyl (C=O) groups is 1. The molecular formula is C24H29BClFN2O2. The van der Waals surface area contributed by atoms with Crippen LogP contribution in [0.4, 0.5) is 4.39 Å². The summed E-state index contributed by atoms with van der Waals surface area (Å²) in [6.07, 6.45) is 7.54. The number of rotatable bonds is 10. The monoisotopic (exact) mass is 442 g/mol. The van der Waals surface area contributed by atoms with Gasteiger partial charge in [-0.25, -0.2) is 4.98 Å². The Kier molecular flexibility index (Phi) is 11.5. The molecule has 7 heteroatoms. The van der Waals surface area contributed by atoms with Crippen LogP contribution >= 0.6 is 11.6 Å². The Balaban J connectivity index is 0.000000225. The van der Waals surface area contributed by atoms with Gasteiger partial charge >= 0.3 is 5.97 Å². The van der Waals surface area contributed by atoms with Gasteiger partial charge in [0.25, 0.3) is 0 Å². The van der Waals surface area contributed by atoms with E-state index in [1.807, 2.05) is 78.4 Å². The number of nitrogens with zero attached hydrogens (tertiary/aromatic N) is 2. The summed E-state index contributed by atoms with van der Waals surface area (Å²) in [4.78, 5) is 15.0. The van der Waals surface area contributed by atoms with Crippen molar-refractivity contribution in [2.24, 2.45) is 0 Å². The van der Waals surface area contributed by atoms with E-state index in [1.165, 1.54) is 0 Å². The number of alkyl halides is 2. The zero-order valence-corrected chi connectivity index (χ0v) is 18.6. The topological polar surface area (TPSA) is 44.1 Å².